The monoisotopic (exact) mass is 533 g/mol. The van der Waals surface area contributed by atoms with Crippen molar-refractivity contribution in [2.75, 3.05) is 10.6 Å². The van der Waals surface area contributed by atoms with Crippen molar-refractivity contribution in [2.24, 2.45) is 0 Å². The number of rotatable bonds is 10. The van der Waals surface area contributed by atoms with E-state index in [4.69, 9.17) is 0 Å². The minimum Gasteiger partial charge on any atom is -0.322 e. The van der Waals surface area contributed by atoms with Gasteiger partial charge in [-0.3, -0.25) is 14.6 Å². The molecule has 0 fully saturated rings. The molecular formula is C33H35N5O2+2. The summed E-state index contributed by atoms with van der Waals surface area (Å²) in [5.41, 5.74) is 4.29. The fraction of sp³-hybridized carbons (Fsp3) is 0.242. The Kier molecular flexibility index (Phi) is 8.40. The molecule has 2 amide bonds. The first-order valence-corrected chi connectivity index (χ1v) is 14.0. The highest BCUT2D eigenvalue weighted by Gasteiger charge is 2.14. The van der Waals surface area contributed by atoms with Crippen LogP contribution >= 0.6 is 0 Å². The van der Waals surface area contributed by atoms with Crippen molar-refractivity contribution in [2.45, 2.75) is 52.6 Å². The van der Waals surface area contributed by atoms with Crippen molar-refractivity contribution in [1.29, 1.82) is 0 Å². The van der Waals surface area contributed by atoms with Gasteiger partial charge in [0.25, 0.3) is 11.8 Å². The van der Waals surface area contributed by atoms with E-state index in [1.807, 2.05) is 60.7 Å². The van der Waals surface area contributed by atoms with Gasteiger partial charge in [-0.15, -0.1) is 0 Å². The number of hydrogen-bond acceptors (Lipinski definition) is 3. The van der Waals surface area contributed by atoms with Crippen LogP contribution in [0.5, 0.6) is 0 Å². The van der Waals surface area contributed by atoms with Crippen LogP contribution in [0.4, 0.5) is 11.4 Å². The number of carbonyl (C=O) groups excluding carboxylic acids is 2. The summed E-state index contributed by atoms with van der Waals surface area (Å²) in [5, 5.41) is 7.98. The van der Waals surface area contributed by atoms with Crippen LogP contribution < -0.4 is 19.8 Å². The molecule has 40 heavy (non-hydrogen) atoms. The standard InChI is InChI=1S/C33H33N5O2/c1-3-5-17-37-19-7-9-24-21-27(12-15-30(24)37)35-32(39)26-11-14-29(34-23-26)33(40)36-28-13-16-31-25(22-28)10-8-20-38(31)18-6-4-2/h7-16,19-23H,3-6,17-18H2,1-2H3/p+2. The Hall–Kier alpha value is -4.65. The van der Waals surface area contributed by atoms with Crippen molar-refractivity contribution in [3.8, 4) is 0 Å². The highest BCUT2D eigenvalue weighted by Crippen LogP contribution is 2.19. The molecule has 5 rings (SSSR count). The van der Waals surface area contributed by atoms with Crippen LogP contribution in [0.2, 0.25) is 0 Å². The minimum atomic E-state index is -0.327. The van der Waals surface area contributed by atoms with Gasteiger partial charge in [0.05, 0.1) is 5.56 Å². The van der Waals surface area contributed by atoms with Crippen LogP contribution in [0.1, 0.15) is 60.4 Å². The Morgan fingerprint density at radius 1 is 0.700 bits per heavy atom. The highest BCUT2D eigenvalue weighted by molar-refractivity contribution is 6.06. The number of fused-ring (bicyclic) bond motifs is 2. The molecule has 7 nitrogen and oxygen atoms in total. The van der Waals surface area contributed by atoms with Gasteiger partial charge in [0, 0.05) is 65.5 Å². The lowest BCUT2D eigenvalue weighted by atomic mass is 10.1. The first-order valence-electron chi connectivity index (χ1n) is 14.0. The zero-order chi connectivity index (χ0) is 27.9. The van der Waals surface area contributed by atoms with Crippen molar-refractivity contribution in [3.63, 3.8) is 0 Å². The molecule has 3 heterocycles. The summed E-state index contributed by atoms with van der Waals surface area (Å²) in [6.45, 7) is 6.29. The zero-order valence-corrected chi connectivity index (χ0v) is 23.1. The molecule has 5 aromatic rings. The molecular weight excluding hydrogens is 498 g/mol. The summed E-state index contributed by atoms with van der Waals surface area (Å²) >= 11 is 0. The number of aromatic nitrogens is 3. The zero-order valence-electron chi connectivity index (χ0n) is 23.1. The average molecular weight is 534 g/mol. The Labute approximate surface area is 234 Å². The fourth-order valence-electron chi connectivity index (χ4n) is 4.82. The third-order valence-corrected chi connectivity index (χ3v) is 7.04. The largest absolute Gasteiger partial charge is 0.322 e. The second-order valence-corrected chi connectivity index (χ2v) is 10.00. The number of aryl methyl sites for hydroxylation is 2. The number of nitrogens with one attached hydrogen (secondary N) is 2. The van der Waals surface area contributed by atoms with Gasteiger partial charge in [-0.25, -0.2) is 0 Å². The topological polar surface area (TPSA) is 78.9 Å². The van der Waals surface area contributed by atoms with E-state index in [0.717, 1.165) is 60.6 Å². The number of nitrogens with zero attached hydrogens (tertiary/aromatic N) is 3. The van der Waals surface area contributed by atoms with Crippen LogP contribution in [-0.2, 0) is 13.1 Å². The van der Waals surface area contributed by atoms with Crippen molar-refractivity contribution >= 4 is 45.0 Å². The molecule has 0 aliphatic rings. The average Bonchev–Trinajstić information content (AvgIpc) is 2.98. The molecule has 0 saturated heterocycles. The van der Waals surface area contributed by atoms with E-state index in [1.54, 1.807) is 12.1 Å². The van der Waals surface area contributed by atoms with Crippen molar-refractivity contribution < 1.29 is 18.7 Å². The molecule has 202 valence electrons. The Bertz CT molecular complexity index is 1540. The lowest BCUT2D eigenvalue weighted by Crippen LogP contribution is -2.33. The molecule has 0 aliphatic heterocycles. The first-order chi connectivity index (χ1) is 19.6. The van der Waals surface area contributed by atoms with E-state index in [0.29, 0.717) is 16.9 Å². The predicted molar refractivity (Wildman–Crippen MR) is 158 cm³/mol. The summed E-state index contributed by atoms with van der Waals surface area (Å²) in [7, 11) is 0. The van der Waals surface area contributed by atoms with Crippen molar-refractivity contribution in [1.82, 2.24) is 4.98 Å². The van der Waals surface area contributed by atoms with Gasteiger partial charge in [0.1, 0.15) is 18.8 Å². The van der Waals surface area contributed by atoms with Gasteiger partial charge in [0.2, 0.25) is 11.0 Å². The predicted octanol–water partition coefficient (Wildman–Crippen LogP) is 6.07. The van der Waals surface area contributed by atoms with Crippen LogP contribution in [0, 0.1) is 0 Å². The lowest BCUT2D eigenvalue weighted by Gasteiger charge is -2.08. The van der Waals surface area contributed by atoms with E-state index >= 15 is 0 Å². The third-order valence-electron chi connectivity index (χ3n) is 7.04. The van der Waals surface area contributed by atoms with Gasteiger partial charge in [-0.05, 0) is 48.5 Å². The number of anilines is 2. The molecule has 0 unspecified atom stereocenters. The van der Waals surface area contributed by atoms with E-state index in [1.165, 1.54) is 6.20 Å². The maximum Gasteiger partial charge on any atom is 0.274 e. The van der Waals surface area contributed by atoms with E-state index < -0.39 is 0 Å². The number of benzene rings is 2. The molecule has 0 radical (unpaired) electrons. The third kappa shape index (κ3) is 6.15. The summed E-state index contributed by atoms with van der Waals surface area (Å²) in [6.07, 6.45) is 10.1. The van der Waals surface area contributed by atoms with Gasteiger partial charge >= 0.3 is 0 Å². The summed E-state index contributed by atoms with van der Waals surface area (Å²) in [5.74, 6) is -0.605. The molecule has 0 spiro atoms. The normalized spacial score (nSPS) is 11.1. The quantitative estimate of drug-likeness (QED) is 0.214. The number of unbranched alkanes of at least 4 members (excludes halogenated alkanes) is 2. The SMILES string of the molecule is CCCC[n+]1cccc2cc(NC(=O)c3ccc(C(=O)Nc4ccc5c(ccc[n+]5CCCC)c4)nc3)ccc21. The van der Waals surface area contributed by atoms with Crippen LogP contribution in [0.3, 0.4) is 0 Å². The molecule has 0 aliphatic carbocycles. The molecule has 0 bridgehead atoms. The van der Waals surface area contributed by atoms with E-state index in [2.05, 4.69) is 51.0 Å². The number of hydrogen-bond donors (Lipinski definition) is 2. The first kappa shape index (κ1) is 26.9. The Balaban J connectivity index is 1.24. The molecule has 7 heteroatoms. The van der Waals surface area contributed by atoms with Gasteiger partial charge in [-0.2, -0.15) is 9.13 Å². The molecule has 2 aromatic carbocycles. The maximum atomic E-state index is 12.9. The van der Waals surface area contributed by atoms with Crippen LogP contribution in [0.15, 0.2) is 91.4 Å². The Morgan fingerprint density at radius 2 is 1.25 bits per heavy atom. The van der Waals surface area contributed by atoms with E-state index in [9.17, 15) is 9.59 Å². The molecule has 0 atom stereocenters. The Morgan fingerprint density at radius 3 is 1.75 bits per heavy atom. The molecule has 3 aromatic heterocycles. The molecule has 2 N–H and O–H groups in total. The maximum absolute atomic E-state index is 12.9. The van der Waals surface area contributed by atoms with Gasteiger partial charge in [-0.1, -0.05) is 26.7 Å². The number of amides is 2. The number of pyridine rings is 3. The lowest BCUT2D eigenvalue weighted by molar-refractivity contribution is -0.672. The second-order valence-electron chi connectivity index (χ2n) is 10.00. The van der Waals surface area contributed by atoms with Crippen molar-refractivity contribution in [3.05, 3.63) is 103 Å². The van der Waals surface area contributed by atoms with Crippen LogP contribution in [0.25, 0.3) is 21.8 Å². The summed E-state index contributed by atoms with van der Waals surface area (Å²) < 4.78 is 4.47. The van der Waals surface area contributed by atoms with Crippen LogP contribution in [-0.4, -0.2) is 16.8 Å². The highest BCUT2D eigenvalue weighted by atomic mass is 16.2. The van der Waals surface area contributed by atoms with Gasteiger partial charge < -0.3 is 10.6 Å². The minimum absolute atomic E-state index is 0.241. The van der Waals surface area contributed by atoms with Gasteiger partial charge in [0.15, 0.2) is 12.4 Å². The smallest absolute Gasteiger partial charge is 0.274 e. The summed E-state index contributed by atoms with van der Waals surface area (Å²) in [6, 6.07) is 23.1. The second kappa shape index (κ2) is 12.5. The fourth-order valence-corrected chi connectivity index (χ4v) is 4.82. The van der Waals surface area contributed by atoms with E-state index in [-0.39, 0.29) is 17.5 Å². The number of carbonyl (C=O) groups is 2. The molecule has 0 saturated carbocycles. The summed E-state index contributed by atoms with van der Waals surface area (Å²) in [4.78, 5) is 30.0.